The molecule has 0 radical (unpaired) electrons. The van der Waals surface area contributed by atoms with E-state index < -0.39 is 0 Å². The minimum absolute atomic E-state index is 0. The minimum atomic E-state index is -0.204. The van der Waals surface area contributed by atoms with Gasteiger partial charge in [0.15, 0.2) is 5.96 Å². The maximum absolute atomic E-state index is 12.8. The van der Waals surface area contributed by atoms with Crippen molar-refractivity contribution in [1.29, 1.82) is 0 Å². The van der Waals surface area contributed by atoms with Gasteiger partial charge in [0.25, 0.3) is 0 Å². The van der Waals surface area contributed by atoms with Gasteiger partial charge in [-0.05, 0) is 37.5 Å². The topological polar surface area (TPSA) is 54.9 Å². The number of ether oxygens (including phenoxy) is 2. The molecule has 0 saturated carbocycles. The lowest BCUT2D eigenvalue weighted by molar-refractivity contribution is 0.0702. The molecule has 0 spiro atoms. The van der Waals surface area contributed by atoms with Crippen molar-refractivity contribution in [3.8, 4) is 0 Å². The molecule has 0 amide bonds. The first-order chi connectivity index (χ1) is 11.3. The highest BCUT2D eigenvalue weighted by Crippen LogP contribution is 2.02. The van der Waals surface area contributed by atoms with Crippen LogP contribution >= 0.6 is 24.0 Å². The number of benzene rings is 1. The van der Waals surface area contributed by atoms with Crippen LogP contribution in [0.3, 0.4) is 0 Å². The molecule has 0 bridgehead atoms. The summed E-state index contributed by atoms with van der Waals surface area (Å²) < 4.78 is 23.2. The zero-order valence-electron chi connectivity index (χ0n) is 14.5. The van der Waals surface area contributed by atoms with Gasteiger partial charge in [-0.3, -0.25) is 4.99 Å². The Labute approximate surface area is 161 Å². The Balaban J connectivity index is 0.00000529. The predicted molar refractivity (Wildman–Crippen MR) is 107 cm³/mol. The van der Waals surface area contributed by atoms with Gasteiger partial charge in [-0.15, -0.1) is 24.0 Å². The largest absolute Gasteiger partial charge is 0.382 e. The molecule has 0 aliphatic carbocycles. The molecule has 0 unspecified atom stereocenters. The Bertz CT molecular complexity index is 444. The zero-order chi connectivity index (χ0) is 16.8. The predicted octanol–water partition coefficient (Wildman–Crippen LogP) is 2.59. The maximum Gasteiger partial charge on any atom is 0.191 e. The average molecular weight is 453 g/mol. The Morgan fingerprint density at radius 3 is 2.54 bits per heavy atom. The summed E-state index contributed by atoms with van der Waals surface area (Å²) in [5.74, 6) is 0.593. The molecular formula is C17H29FIN3O2. The standard InChI is InChI=1S/C17H28FN3O2.HI/c1-3-19-17(20-10-4-12-23-14-13-22-2)21-11-9-15-5-7-16(18)8-6-15;/h5-8H,3-4,9-14H2,1-2H3,(H2,19,20,21);1H. The van der Waals surface area contributed by atoms with Gasteiger partial charge in [0.2, 0.25) is 0 Å². The summed E-state index contributed by atoms with van der Waals surface area (Å²) in [6.45, 7) is 6.23. The fraction of sp³-hybridized carbons (Fsp3) is 0.588. The molecule has 1 aromatic carbocycles. The van der Waals surface area contributed by atoms with E-state index in [0.717, 1.165) is 37.5 Å². The Hall–Kier alpha value is -0.930. The van der Waals surface area contributed by atoms with Crippen molar-refractivity contribution in [2.45, 2.75) is 19.8 Å². The highest BCUT2D eigenvalue weighted by molar-refractivity contribution is 14.0. The summed E-state index contributed by atoms with van der Waals surface area (Å²) in [6.07, 6.45) is 1.70. The summed E-state index contributed by atoms with van der Waals surface area (Å²) in [6, 6.07) is 6.58. The molecule has 1 aromatic rings. The van der Waals surface area contributed by atoms with E-state index in [2.05, 4.69) is 15.6 Å². The number of nitrogens with zero attached hydrogens (tertiary/aromatic N) is 1. The lowest BCUT2D eigenvalue weighted by Gasteiger charge is -2.11. The monoisotopic (exact) mass is 453 g/mol. The summed E-state index contributed by atoms with van der Waals surface area (Å²) in [7, 11) is 1.66. The molecule has 0 atom stereocenters. The fourth-order valence-electron chi connectivity index (χ4n) is 1.92. The van der Waals surface area contributed by atoms with Crippen LogP contribution in [0.25, 0.3) is 0 Å². The van der Waals surface area contributed by atoms with Crippen molar-refractivity contribution in [3.05, 3.63) is 35.6 Å². The Kier molecular flexibility index (Phi) is 15.0. The van der Waals surface area contributed by atoms with E-state index in [-0.39, 0.29) is 29.8 Å². The summed E-state index contributed by atoms with van der Waals surface area (Å²) in [5.41, 5.74) is 1.10. The van der Waals surface area contributed by atoms with E-state index in [9.17, 15) is 4.39 Å². The van der Waals surface area contributed by atoms with E-state index in [1.807, 2.05) is 6.92 Å². The van der Waals surface area contributed by atoms with Crippen LogP contribution in [0.4, 0.5) is 4.39 Å². The molecule has 1 rings (SSSR count). The molecule has 0 aliphatic rings. The number of methoxy groups -OCH3 is 1. The van der Waals surface area contributed by atoms with Crippen molar-refractivity contribution in [2.75, 3.05) is 46.6 Å². The second kappa shape index (κ2) is 15.6. The van der Waals surface area contributed by atoms with Crippen LogP contribution in [0.1, 0.15) is 18.9 Å². The van der Waals surface area contributed by atoms with Crippen molar-refractivity contribution in [1.82, 2.24) is 10.6 Å². The van der Waals surface area contributed by atoms with E-state index in [4.69, 9.17) is 9.47 Å². The van der Waals surface area contributed by atoms with Crippen molar-refractivity contribution >= 4 is 29.9 Å². The second-order valence-electron chi connectivity index (χ2n) is 5.02. The van der Waals surface area contributed by atoms with Crippen LogP contribution < -0.4 is 10.6 Å². The number of nitrogens with one attached hydrogen (secondary N) is 2. The molecule has 0 aromatic heterocycles. The Morgan fingerprint density at radius 2 is 1.88 bits per heavy atom. The molecule has 0 aliphatic heterocycles. The van der Waals surface area contributed by atoms with Crippen LogP contribution in [-0.2, 0) is 15.9 Å². The number of aliphatic imine (C=N–C) groups is 1. The van der Waals surface area contributed by atoms with Crippen molar-refractivity contribution in [3.63, 3.8) is 0 Å². The lowest BCUT2D eigenvalue weighted by atomic mass is 10.1. The zero-order valence-corrected chi connectivity index (χ0v) is 16.8. The second-order valence-corrected chi connectivity index (χ2v) is 5.02. The minimum Gasteiger partial charge on any atom is -0.382 e. The van der Waals surface area contributed by atoms with E-state index in [1.165, 1.54) is 12.1 Å². The van der Waals surface area contributed by atoms with E-state index in [1.54, 1.807) is 19.2 Å². The van der Waals surface area contributed by atoms with Crippen LogP contribution in [0.5, 0.6) is 0 Å². The van der Waals surface area contributed by atoms with Crippen LogP contribution in [-0.4, -0.2) is 52.5 Å². The van der Waals surface area contributed by atoms with Crippen LogP contribution in [0.2, 0.25) is 0 Å². The molecule has 24 heavy (non-hydrogen) atoms. The highest BCUT2D eigenvalue weighted by Gasteiger charge is 1.98. The lowest BCUT2D eigenvalue weighted by Crippen LogP contribution is -2.38. The summed E-state index contributed by atoms with van der Waals surface area (Å²) in [4.78, 5) is 4.50. The number of hydrogen-bond acceptors (Lipinski definition) is 3. The number of guanidine groups is 1. The molecule has 0 heterocycles. The molecule has 138 valence electrons. The highest BCUT2D eigenvalue weighted by atomic mass is 127. The number of hydrogen-bond donors (Lipinski definition) is 2. The van der Waals surface area contributed by atoms with Gasteiger partial charge >= 0.3 is 0 Å². The average Bonchev–Trinajstić information content (AvgIpc) is 2.56. The van der Waals surface area contributed by atoms with Gasteiger partial charge in [0.1, 0.15) is 5.82 Å². The van der Waals surface area contributed by atoms with Crippen molar-refractivity contribution < 1.29 is 13.9 Å². The van der Waals surface area contributed by atoms with Gasteiger partial charge in [0, 0.05) is 33.4 Å². The van der Waals surface area contributed by atoms with Gasteiger partial charge in [-0.2, -0.15) is 0 Å². The number of rotatable bonds is 11. The SMILES string of the molecule is CCNC(=NCCCOCCOC)NCCc1ccc(F)cc1.I. The van der Waals surface area contributed by atoms with Gasteiger partial charge in [0.05, 0.1) is 13.2 Å². The first-order valence-electron chi connectivity index (χ1n) is 8.09. The van der Waals surface area contributed by atoms with E-state index in [0.29, 0.717) is 26.4 Å². The quantitative estimate of drug-likeness (QED) is 0.234. The van der Waals surface area contributed by atoms with Gasteiger partial charge < -0.3 is 20.1 Å². The summed E-state index contributed by atoms with van der Waals surface area (Å²) >= 11 is 0. The normalized spacial score (nSPS) is 11.0. The third-order valence-corrected chi connectivity index (χ3v) is 3.11. The Morgan fingerprint density at radius 1 is 1.12 bits per heavy atom. The number of halogens is 2. The third-order valence-electron chi connectivity index (χ3n) is 3.11. The molecule has 0 fully saturated rings. The third kappa shape index (κ3) is 11.6. The molecule has 2 N–H and O–H groups in total. The maximum atomic E-state index is 12.8. The van der Waals surface area contributed by atoms with Crippen molar-refractivity contribution in [2.24, 2.45) is 4.99 Å². The molecular weight excluding hydrogens is 424 g/mol. The molecule has 5 nitrogen and oxygen atoms in total. The fourth-order valence-corrected chi connectivity index (χ4v) is 1.92. The van der Waals surface area contributed by atoms with Gasteiger partial charge in [-0.1, -0.05) is 12.1 Å². The van der Waals surface area contributed by atoms with Crippen LogP contribution in [0, 0.1) is 5.82 Å². The van der Waals surface area contributed by atoms with Gasteiger partial charge in [-0.25, -0.2) is 4.39 Å². The molecule has 7 heteroatoms. The first-order valence-corrected chi connectivity index (χ1v) is 8.09. The smallest absolute Gasteiger partial charge is 0.191 e. The van der Waals surface area contributed by atoms with Crippen LogP contribution in [0.15, 0.2) is 29.3 Å². The summed E-state index contributed by atoms with van der Waals surface area (Å²) in [5, 5.41) is 6.49. The van der Waals surface area contributed by atoms with E-state index >= 15 is 0 Å². The molecule has 0 saturated heterocycles. The first kappa shape index (κ1) is 23.1.